The normalized spacial score (nSPS) is 13.0. The zero-order chi connectivity index (χ0) is 13.6. The van der Waals surface area contributed by atoms with Crippen LogP contribution in [-0.4, -0.2) is 13.0 Å². The first-order valence-electron chi connectivity index (χ1n) is 6.17. The van der Waals surface area contributed by atoms with Crippen LogP contribution >= 0.6 is 15.9 Å². The largest absolute Gasteiger partial charge is 0.469 e. The monoisotopic (exact) mass is 325 g/mol. The molecule has 2 nitrogen and oxygen atoms in total. The predicted molar refractivity (Wildman–Crippen MR) is 83.4 cm³/mol. The molecule has 0 radical (unpaired) electrons. The number of nitrogens with zero attached hydrogens (tertiary/aromatic N) is 1. The Morgan fingerprint density at radius 3 is 2.44 bits per heavy atom. The standard InChI is InChI=1S/C14H20BrNOSi/c1-14(2,3)18(4,5)17-16-9-8-11-6-7-12(15)10-13(11)16/h6-10H,1-5H3. The molecule has 0 saturated heterocycles. The summed E-state index contributed by atoms with van der Waals surface area (Å²) in [5.74, 6) is 0. The minimum atomic E-state index is -1.80. The van der Waals surface area contributed by atoms with Crippen molar-refractivity contribution in [2.75, 3.05) is 0 Å². The molecule has 1 heterocycles. The summed E-state index contributed by atoms with van der Waals surface area (Å²) in [4.78, 5) is 0. The molecule has 0 saturated carbocycles. The molecule has 4 heteroatoms. The van der Waals surface area contributed by atoms with Crippen LogP contribution in [-0.2, 0) is 0 Å². The van der Waals surface area contributed by atoms with Crippen LogP contribution in [0.2, 0.25) is 18.1 Å². The van der Waals surface area contributed by atoms with E-state index in [1.807, 2.05) is 10.9 Å². The average Bonchev–Trinajstić information content (AvgIpc) is 2.59. The number of hydrogen-bond acceptors (Lipinski definition) is 1. The Morgan fingerprint density at radius 2 is 1.83 bits per heavy atom. The van der Waals surface area contributed by atoms with E-state index in [4.69, 9.17) is 4.53 Å². The molecule has 2 rings (SSSR count). The Bertz CT molecular complexity index is 569. The van der Waals surface area contributed by atoms with E-state index in [9.17, 15) is 0 Å². The van der Waals surface area contributed by atoms with Crippen molar-refractivity contribution in [1.82, 2.24) is 4.73 Å². The number of hydrogen-bond donors (Lipinski definition) is 0. The third-order valence-electron chi connectivity index (χ3n) is 3.75. The van der Waals surface area contributed by atoms with Crippen LogP contribution in [0.25, 0.3) is 10.9 Å². The Morgan fingerprint density at radius 1 is 1.17 bits per heavy atom. The van der Waals surface area contributed by atoms with Gasteiger partial charge in [-0.2, -0.15) is 0 Å². The average molecular weight is 326 g/mol. The van der Waals surface area contributed by atoms with Gasteiger partial charge in [0.2, 0.25) is 0 Å². The van der Waals surface area contributed by atoms with Gasteiger partial charge < -0.3 is 4.53 Å². The van der Waals surface area contributed by atoms with Crippen LogP contribution in [0, 0.1) is 0 Å². The van der Waals surface area contributed by atoms with E-state index in [2.05, 4.69) is 74.1 Å². The van der Waals surface area contributed by atoms with Gasteiger partial charge in [0, 0.05) is 16.1 Å². The summed E-state index contributed by atoms with van der Waals surface area (Å²) in [6.07, 6.45) is 2.01. The highest BCUT2D eigenvalue weighted by atomic mass is 79.9. The van der Waals surface area contributed by atoms with Crippen molar-refractivity contribution in [3.63, 3.8) is 0 Å². The van der Waals surface area contributed by atoms with Crippen molar-refractivity contribution < 1.29 is 4.53 Å². The van der Waals surface area contributed by atoms with Crippen molar-refractivity contribution in [3.05, 3.63) is 34.9 Å². The Labute approximate surface area is 118 Å². The van der Waals surface area contributed by atoms with Crippen LogP contribution in [0.15, 0.2) is 34.9 Å². The summed E-state index contributed by atoms with van der Waals surface area (Å²) >= 11 is 3.51. The summed E-state index contributed by atoms with van der Waals surface area (Å²) in [7, 11) is -1.80. The molecular formula is C14H20BrNOSi. The quantitative estimate of drug-likeness (QED) is 0.721. The summed E-state index contributed by atoms with van der Waals surface area (Å²) in [5.41, 5.74) is 1.12. The molecule has 0 aliphatic rings. The molecule has 0 unspecified atom stereocenters. The zero-order valence-corrected chi connectivity index (χ0v) is 14.2. The fraction of sp³-hybridized carbons (Fsp3) is 0.429. The molecule has 18 heavy (non-hydrogen) atoms. The number of benzene rings is 1. The van der Waals surface area contributed by atoms with E-state index in [1.165, 1.54) is 5.39 Å². The maximum Gasteiger partial charge on any atom is 0.284 e. The Hall–Kier alpha value is -0.743. The molecule has 0 aliphatic carbocycles. The molecule has 1 aromatic carbocycles. The van der Waals surface area contributed by atoms with Gasteiger partial charge in [-0.15, -0.1) is 0 Å². The third kappa shape index (κ3) is 2.49. The van der Waals surface area contributed by atoms with E-state index in [-0.39, 0.29) is 5.04 Å². The number of halogens is 1. The highest BCUT2D eigenvalue weighted by Crippen LogP contribution is 2.35. The molecule has 2 aromatic rings. The lowest BCUT2D eigenvalue weighted by molar-refractivity contribution is 0.263. The van der Waals surface area contributed by atoms with Gasteiger partial charge in [0.05, 0.1) is 5.52 Å². The molecule has 1 aromatic heterocycles. The SMILES string of the molecule is CC(C)(C)[Si](C)(C)On1ccc2ccc(Br)cc21. The van der Waals surface area contributed by atoms with Gasteiger partial charge in [0.1, 0.15) is 0 Å². The molecule has 0 bridgehead atoms. The van der Waals surface area contributed by atoms with Crippen LogP contribution in [0.4, 0.5) is 0 Å². The Kier molecular flexibility index (Phi) is 3.36. The minimum absolute atomic E-state index is 0.204. The van der Waals surface area contributed by atoms with Crippen LogP contribution in [0.1, 0.15) is 20.8 Å². The van der Waals surface area contributed by atoms with Crippen LogP contribution in [0.5, 0.6) is 0 Å². The maximum absolute atomic E-state index is 6.31. The number of fused-ring (bicyclic) bond motifs is 1. The predicted octanol–water partition coefficient (Wildman–Crippen LogP) is 4.84. The second kappa shape index (κ2) is 4.42. The summed E-state index contributed by atoms with van der Waals surface area (Å²) in [6, 6.07) is 8.35. The molecule has 0 N–H and O–H groups in total. The van der Waals surface area contributed by atoms with Gasteiger partial charge in [-0.05, 0) is 36.3 Å². The van der Waals surface area contributed by atoms with Crippen LogP contribution < -0.4 is 4.53 Å². The molecule has 0 atom stereocenters. The van der Waals surface area contributed by atoms with E-state index in [0.717, 1.165) is 9.99 Å². The van der Waals surface area contributed by atoms with Gasteiger partial charge >= 0.3 is 0 Å². The lowest BCUT2D eigenvalue weighted by Gasteiger charge is -2.36. The molecular weight excluding hydrogens is 306 g/mol. The van der Waals surface area contributed by atoms with Gasteiger partial charge in [0.25, 0.3) is 8.32 Å². The van der Waals surface area contributed by atoms with Crippen molar-refractivity contribution >= 4 is 35.2 Å². The molecule has 0 spiro atoms. The van der Waals surface area contributed by atoms with Crippen LogP contribution in [0.3, 0.4) is 0 Å². The molecule has 0 fully saturated rings. The summed E-state index contributed by atoms with van der Waals surface area (Å²) in [6.45, 7) is 11.3. The van der Waals surface area contributed by atoms with Crippen molar-refractivity contribution in [2.45, 2.75) is 38.9 Å². The first kappa shape index (κ1) is 13.7. The molecule has 0 amide bonds. The first-order chi connectivity index (χ1) is 8.21. The van der Waals surface area contributed by atoms with Gasteiger partial charge in [0.15, 0.2) is 0 Å². The summed E-state index contributed by atoms with van der Waals surface area (Å²) < 4.78 is 9.31. The van der Waals surface area contributed by atoms with Crippen molar-refractivity contribution in [2.24, 2.45) is 0 Å². The summed E-state index contributed by atoms with van der Waals surface area (Å²) in [5, 5.41) is 1.41. The first-order valence-corrected chi connectivity index (χ1v) is 9.87. The highest BCUT2D eigenvalue weighted by Gasteiger charge is 2.40. The van der Waals surface area contributed by atoms with Gasteiger partial charge in [-0.3, -0.25) is 0 Å². The van der Waals surface area contributed by atoms with E-state index >= 15 is 0 Å². The van der Waals surface area contributed by atoms with Crippen molar-refractivity contribution in [1.29, 1.82) is 0 Å². The van der Waals surface area contributed by atoms with Gasteiger partial charge in [-0.1, -0.05) is 42.8 Å². The number of aromatic nitrogens is 1. The maximum atomic E-state index is 6.31. The fourth-order valence-corrected chi connectivity index (χ4v) is 2.81. The van der Waals surface area contributed by atoms with E-state index in [1.54, 1.807) is 0 Å². The number of rotatable bonds is 2. The van der Waals surface area contributed by atoms with Gasteiger partial charge in [-0.25, -0.2) is 4.73 Å². The second-order valence-electron chi connectivity index (χ2n) is 6.20. The minimum Gasteiger partial charge on any atom is -0.469 e. The topological polar surface area (TPSA) is 14.2 Å². The Balaban J connectivity index is 2.41. The third-order valence-corrected chi connectivity index (χ3v) is 8.51. The highest BCUT2D eigenvalue weighted by molar-refractivity contribution is 9.10. The second-order valence-corrected chi connectivity index (χ2v) is 11.8. The van der Waals surface area contributed by atoms with Crippen molar-refractivity contribution in [3.8, 4) is 0 Å². The molecule has 98 valence electrons. The lowest BCUT2D eigenvalue weighted by Crippen LogP contribution is -2.47. The molecule has 0 aliphatic heterocycles. The fourth-order valence-electron chi connectivity index (χ4n) is 1.54. The zero-order valence-electron chi connectivity index (χ0n) is 11.6. The van der Waals surface area contributed by atoms with E-state index < -0.39 is 8.32 Å². The smallest absolute Gasteiger partial charge is 0.284 e. The lowest BCUT2D eigenvalue weighted by atomic mass is 10.2. The van der Waals surface area contributed by atoms with E-state index in [0.29, 0.717) is 0 Å².